The van der Waals surface area contributed by atoms with E-state index in [-0.39, 0.29) is 5.54 Å². The molecule has 1 aromatic carbocycles. The van der Waals surface area contributed by atoms with E-state index in [1.165, 1.54) is 31.2 Å². The monoisotopic (exact) mass is 273 g/mol. The minimum absolute atomic E-state index is 0.230. The van der Waals surface area contributed by atoms with Gasteiger partial charge in [0.15, 0.2) is 0 Å². The van der Waals surface area contributed by atoms with Crippen molar-refractivity contribution >= 4 is 0 Å². The topological polar surface area (TPSA) is 12.0 Å². The van der Waals surface area contributed by atoms with Crippen molar-refractivity contribution in [3.63, 3.8) is 0 Å². The summed E-state index contributed by atoms with van der Waals surface area (Å²) in [4.78, 5) is 0. The summed E-state index contributed by atoms with van der Waals surface area (Å²) >= 11 is 0. The van der Waals surface area contributed by atoms with Gasteiger partial charge in [-0.2, -0.15) is 0 Å². The van der Waals surface area contributed by atoms with Gasteiger partial charge in [-0.1, -0.05) is 44.0 Å². The fraction of sp³-hybridized carbons (Fsp3) is 0.684. The molecular weight excluding hydrogens is 242 g/mol. The molecular formula is C19H31N. The van der Waals surface area contributed by atoms with Gasteiger partial charge in [0, 0.05) is 5.54 Å². The third kappa shape index (κ3) is 4.34. The molecule has 1 N–H and O–H groups in total. The van der Waals surface area contributed by atoms with Crippen molar-refractivity contribution < 1.29 is 0 Å². The van der Waals surface area contributed by atoms with Gasteiger partial charge in [0.2, 0.25) is 0 Å². The number of nitrogens with one attached hydrogen (secondary N) is 1. The summed E-state index contributed by atoms with van der Waals surface area (Å²) in [6, 6.07) is 9.38. The minimum Gasteiger partial charge on any atom is -0.312 e. The fourth-order valence-electron chi connectivity index (χ4n) is 3.33. The molecule has 112 valence electrons. The van der Waals surface area contributed by atoms with Crippen LogP contribution in [0, 0.1) is 5.92 Å². The summed E-state index contributed by atoms with van der Waals surface area (Å²) in [5, 5.41) is 3.71. The zero-order valence-corrected chi connectivity index (χ0v) is 13.7. The first kappa shape index (κ1) is 15.6. The van der Waals surface area contributed by atoms with Crippen LogP contribution in [0.1, 0.15) is 70.4 Å². The van der Waals surface area contributed by atoms with Crippen LogP contribution in [0.25, 0.3) is 0 Å². The average molecular weight is 273 g/mol. The van der Waals surface area contributed by atoms with Crippen LogP contribution in [-0.2, 0) is 6.42 Å². The van der Waals surface area contributed by atoms with E-state index < -0.39 is 0 Å². The molecule has 1 heteroatoms. The molecule has 1 aliphatic rings. The Morgan fingerprint density at radius 2 is 1.70 bits per heavy atom. The SMILES string of the molecule is CCc1ccc(C2CCCCC2CNC(C)(C)C)cc1. The van der Waals surface area contributed by atoms with E-state index in [0.717, 1.165) is 24.8 Å². The summed E-state index contributed by atoms with van der Waals surface area (Å²) in [5.41, 5.74) is 3.24. The number of aryl methyl sites for hydroxylation is 1. The molecule has 0 heterocycles. The first-order chi connectivity index (χ1) is 9.49. The zero-order chi connectivity index (χ0) is 14.6. The van der Waals surface area contributed by atoms with E-state index in [1.54, 1.807) is 5.56 Å². The van der Waals surface area contributed by atoms with Gasteiger partial charge in [-0.05, 0) is 69.5 Å². The van der Waals surface area contributed by atoms with Gasteiger partial charge in [-0.15, -0.1) is 0 Å². The Bertz CT molecular complexity index is 399. The predicted molar refractivity (Wildman–Crippen MR) is 88.3 cm³/mol. The van der Waals surface area contributed by atoms with Gasteiger partial charge in [-0.25, -0.2) is 0 Å². The summed E-state index contributed by atoms with van der Waals surface area (Å²) in [6.07, 6.45) is 6.68. The highest BCUT2D eigenvalue weighted by molar-refractivity contribution is 5.26. The molecule has 0 aliphatic heterocycles. The first-order valence-corrected chi connectivity index (χ1v) is 8.33. The molecule has 0 saturated heterocycles. The summed E-state index contributed by atoms with van der Waals surface area (Å²) in [7, 11) is 0. The number of rotatable bonds is 4. The average Bonchev–Trinajstić information content (AvgIpc) is 2.45. The van der Waals surface area contributed by atoms with Crippen molar-refractivity contribution in [2.24, 2.45) is 5.92 Å². The second kappa shape index (κ2) is 6.76. The molecule has 1 nitrogen and oxygen atoms in total. The first-order valence-electron chi connectivity index (χ1n) is 8.33. The Morgan fingerprint density at radius 3 is 2.30 bits per heavy atom. The molecule has 1 aromatic rings. The highest BCUT2D eigenvalue weighted by Crippen LogP contribution is 2.37. The van der Waals surface area contributed by atoms with Gasteiger partial charge in [-0.3, -0.25) is 0 Å². The third-order valence-corrected chi connectivity index (χ3v) is 4.62. The van der Waals surface area contributed by atoms with Crippen LogP contribution in [0.5, 0.6) is 0 Å². The number of hydrogen-bond acceptors (Lipinski definition) is 1. The highest BCUT2D eigenvalue weighted by Gasteiger charge is 2.27. The van der Waals surface area contributed by atoms with Crippen LogP contribution in [0.15, 0.2) is 24.3 Å². The van der Waals surface area contributed by atoms with Crippen molar-refractivity contribution in [2.45, 2.75) is 71.3 Å². The van der Waals surface area contributed by atoms with E-state index >= 15 is 0 Å². The summed E-state index contributed by atoms with van der Waals surface area (Å²) in [6.45, 7) is 10.2. The summed E-state index contributed by atoms with van der Waals surface area (Å²) in [5.74, 6) is 1.56. The molecule has 0 spiro atoms. The summed E-state index contributed by atoms with van der Waals surface area (Å²) < 4.78 is 0. The Morgan fingerprint density at radius 1 is 1.05 bits per heavy atom. The number of benzene rings is 1. The maximum atomic E-state index is 3.71. The van der Waals surface area contributed by atoms with Gasteiger partial charge >= 0.3 is 0 Å². The number of hydrogen-bond donors (Lipinski definition) is 1. The maximum absolute atomic E-state index is 3.71. The highest BCUT2D eigenvalue weighted by atomic mass is 14.9. The second-order valence-corrected chi connectivity index (χ2v) is 7.38. The van der Waals surface area contributed by atoms with Crippen molar-refractivity contribution in [1.82, 2.24) is 5.32 Å². The lowest BCUT2D eigenvalue weighted by Gasteiger charge is -2.34. The Balaban J connectivity index is 2.05. The molecule has 20 heavy (non-hydrogen) atoms. The standard InChI is InChI=1S/C19H31N/c1-5-15-10-12-16(13-11-15)18-9-7-6-8-17(18)14-20-19(2,3)4/h10-13,17-18,20H,5-9,14H2,1-4H3. The van der Waals surface area contributed by atoms with E-state index in [9.17, 15) is 0 Å². The van der Waals surface area contributed by atoms with E-state index in [1.807, 2.05) is 0 Å². The second-order valence-electron chi connectivity index (χ2n) is 7.38. The smallest absolute Gasteiger partial charge is 0.00966 e. The lowest BCUT2D eigenvalue weighted by atomic mass is 9.75. The van der Waals surface area contributed by atoms with Crippen LogP contribution in [0.3, 0.4) is 0 Å². The molecule has 2 atom stereocenters. The van der Waals surface area contributed by atoms with Crippen molar-refractivity contribution in [1.29, 1.82) is 0 Å². The van der Waals surface area contributed by atoms with E-state index in [2.05, 4.69) is 57.3 Å². The molecule has 0 radical (unpaired) electrons. The Labute approximate surface area is 125 Å². The molecule has 0 bridgehead atoms. The van der Waals surface area contributed by atoms with Crippen LogP contribution in [-0.4, -0.2) is 12.1 Å². The van der Waals surface area contributed by atoms with Gasteiger partial charge in [0.05, 0.1) is 0 Å². The van der Waals surface area contributed by atoms with Crippen LogP contribution < -0.4 is 5.32 Å². The van der Waals surface area contributed by atoms with Crippen molar-refractivity contribution in [3.8, 4) is 0 Å². The van der Waals surface area contributed by atoms with Crippen molar-refractivity contribution in [3.05, 3.63) is 35.4 Å². The van der Waals surface area contributed by atoms with Crippen LogP contribution in [0.2, 0.25) is 0 Å². The third-order valence-electron chi connectivity index (χ3n) is 4.62. The molecule has 0 amide bonds. The fourth-order valence-corrected chi connectivity index (χ4v) is 3.33. The largest absolute Gasteiger partial charge is 0.312 e. The molecule has 2 rings (SSSR count). The van der Waals surface area contributed by atoms with Crippen LogP contribution >= 0.6 is 0 Å². The van der Waals surface area contributed by atoms with Crippen LogP contribution in [0.4, 0.5) is 0 Å². The molecule has 1 aliphatic carbocycles. The lowest BCUT2D eigenvalue weighted by Crippen LogP contribution is -2.41. The van der Waals surface area contributed by atoms with E-state index in [0.29, 0.717) is 0 Å². The predicted octanol–water partition coefficient (Wildman–Crippen LogP) is 4.91. The maximum Gasteiger partial charge on any atom is 0.00966 e. The molecule has 2 unspecified atom stereocenters. The van der Waals surface area contributed by atoms with Gasteiger partial charge in [0.25, 0.3) is 0 Å². The quantitative estimate of drug-likeness (QED) is 0.822. The van der Waals surface area contributed by atoms with Gasteiger partial charge in [0.1, 0.15) is 0 Å². The lowest BCUT2D eigenvalue weighted by molar-refractivity contribution is 0.269. The van der Waals surface area contributed by atoms with Gasteiger partial charge < -0.3 is 5.32 Å². The Kier molecular flexibility index (Phi) is 5.26. The van der Waals surface area contributed by atoms with Crippen molar-refractivity contribution in [2.75, 3.05) is 6.54 Å². The normalized spacial score (nSPS) is 23.8. The molecule has 0 aromatic heterocycles. The molecule has 1 fully saturated rings. The van der Waals surface area contributed by atoms with E-state index in [4.69, 9.17) is 0 Å². The minimum atomic E-state index is 0.230. The molecule has 1 saturated carbocycles. The Hall–Kier alpha value is -0.820. The zero-order valence-electron chi connectivity index (χ0n) is 13.7.